The molecule has 0 aliphatic heterocycles. The first-order valence-corrected chi connectivity index (χ1v) is 7.95. The van der Waals surface area contributed by atoms with Crippen molar-refractivity contribution in [2.75, 3.05) is 0 Å². The first kappa shape index (κ1) is 14.8. The Morgan fingerprint density at radius 1 is 0.950 bits per heavy atom. The normalized spacial score (nSPS) is 10.9. The molecule has 0 atom stereocenters. The molecule has 0 unspecified atom stereocenters. The largest absolute Gasteiger partial charge is 0.258 e. The van der Waals surface area contributed by atoms with E-state index in [1.165, 1.54) is 50.0 Å². The van der Waals surface area contributed by atoms with Crippen LogP contribution in [0.15, 0.2) is 42.7 Å². The van der Waals surface area contributed by atoms with Crippen LogP contribution in [-0.2, 0) is 6.54 Å². The Bertz CT molecular complexity index is 499. The van der Waals surface area contributed by atoms with E-state index in [1.54, 1.807) is 0 Å². The lowest BCUT2D eigenvalue weighted by atomic mass is 10.1. The zero-order valence-corrected chi connectivity index (χ0v) is 12.9. The summed E-state index contributed by atoms with van der Waals surface area (Å²) in [6.45, 7) is 5.60. The molecule has 0 saturated heterocycles. The number of hydrogen-bond acceptors (Lipinski definition) is 0. The number of hydrogen-bond donors (Lipinski definition) is 0. The summed E-state index contributed by atoms with van der Waals surface area (Å²) in [7, 11) is 0. The van der Waals surface area contributed by atoms with E-state index in [4.69, 9.17) is 0 Å². The highest BCUT2D eigenvalue weighted by atomic mass is 15.1. The molecule has 0 fully saturated rings. The molecule has 0 amide bonds. The standard InChI is InChI=1S/C18H27N2/c1-3-4-5-6-7-11-14-19-15-16-20(17(19)2)18-12-9-8-10-13-18/h8-10,12-13,15-16H,3-7,11,14H2,1-2H3/q+1. The molecular formula is C18H27N2+. The summed E-state index contributed by atoms with van der Waals surface area (Å²) < 4.78 is 4.63. The van der Waals surface area contributed by atoms with Gasteiger partial charge in [0.2, 0.25) is 0 Å². The molecule has 20 heavy (non-hydrogen) atoms. The zero-order chi connectivity index (χ0) is 14.2. The average molecular weight is 271 g/mol. The Morgan fingerprint density at radius 2 is 1.65 bits per heavy atom. The van der Waals surface area contributed by atoms with Crippen molar-refractivity contribution < 1.29 is 4.57 Å². The Kier molecular flexibility index (Phi) is 5.85. The smallest absolute Gasteiger partial charge is 0.234 e. The van der Waals surface area contributed by atoms with Gasteiger partial charge in [0, 0.05) is 6.92 Å². The van der Waals surface area contributed by atoms with Gasteiger partial charge in [0.1, 0.15) is 18.1 Å². The minimum absolute atomic E-state index is 1.14. The second-order valence-electron chi connectivity index (χ2n) is 5.51. The first-order chi connectivity index (χ1) is 9.83. The van der Waals surface area contributed by atoms with Crippen molar-refractivity contribution >= 4 is 0 Å². The molecule has 2 rings (SSSR count). The van der Waals surface area contributed by atoms with Crippen molar-refractivity contribution in [2.24, 2.45) is 0 Å². The van der Waals surface area contributed by atoms with Crippen molar-refractivity contribution in [3.63, 3.8) is 0 Å². The van der Waals surface area contributed by atoms with E-state index in [9.17, 15) is 0 Å². The van der Waals surface area contributed by atoms with Gasteiger partial charge in [-0.25, -0.2) is 9.13 Å². The zero-order valence-electron chi connectivity index (χ0n) is 12.9. The number of para-hydroxylation sites is 1. The Hall–Kier alpha value is -1.57. The first-order valence-electron chi connectivity index (χ1n) is 7.95. The van der Waals surface area contributed by atoms with Gasteiger partial charge in [-0.3, -0.25) is 0 Å². The summed E-state index contributed by atoms with van der Waals surface area (Å²) in [5.74, 6) is 1.31. The predicted molar refractivity (Wildman–Crippen MR) is 84.1 cm³/mol. The molecule has 1 aromatic heterocycles. The second kappa shape index (κ2) is 7.88. The second-order valence-corrected chi connectivity index (χ2v) is 5.51. The highest BCUT2D eigenvalue weighted by molar-refractivity contribution is 5.31. The fraction of sp³-hybridized carbons (Fsp3) is 0.500. The van der Waals surface area contributed by atoms with Crippen LogP contribution in [-0.4, -0.2) is 4.57 Å². The van der Waals surface area contributed by atoms with Crippen molar-refractivity contribution in [2.45, 2.75) is 58.9 Å². The molecule has 2 heteroatoms. The number of unbranched alkanes of at least 4 members (excludes halogenated alkanes) is 5. The molecule has 0 saturated carbocycles. The summed E-state index contributed by atoms with van der Waals surface area (Å²) in [4.78, 5) is 0. The molecule has 2 aromatic rings. The SMILES string of the molecule is CCCCCCCC[n+]1ccn(-c2ccccc2)c1C. The number of rotatable bonds is 8. The van der Waals surface area contributed by atoms with Gasteiger partial charge in [-0.15, -0.1) is 0 Å². The van der Waals surface area contributed by atoms with Crippen LogP contribution in [0.5, 0.6) is 0 Å². The molecular weight excluding hydrogens is 244 g/mol. The Labute approximate surface area is 123 Å². The average Bonchev–Trinajstić information content (AvgIpc) is 2.85. The van der Waals surface area contributed by atoms with Gasteiger partial charge in [0.25, 0.3) is 5.82 Å². The van der Waals surface area contributed by atoms with Gasteiger partial charge >= 0.3 is 0 Å². The maximum atomic E-state index is 2.37. The van der Waals surface area contributed by atoms with Gasteiger partial charge in [0.05, 0.1) is 6.54 Å². The lowest BCUT2D eigenvalue weighted by molar-refractivity contribution is -0.702. The number of aryl methyl sites for hydroxylation is 1. The summed E-state index contributed by atoms with van der Waals surface area (Å²) in [6, 6.07) is 10.6. The molecule has 0 aliphatic rings. The fourth-order valence-corrected chi connectivity index (χ4v) is 2.66. The van der Waals surface area contributed by atoms with E-state index in [0.717, 1.165) is 6.54 Å². The summed E-state index contributed by atoms with van der Waals surface area (Å²) in [6.07, 6.45) is 12.5. The maximum absolute atomic E-state index is 2.37. The highest BCUT2D eigenvalue weighted by Crippen LogP contribution is 2.09. The van der Waals surface area contributed by atoms with Gasteiger partial charge < -0.3 is 0 Å². The van der Waals surface area contributed by atoms with E-state index < -0.39 is 0 Å². The maximum Gasteiger partial charge on any atom is 0.258 e. The fourth-order valence-electron chi connectivity index (χ4n) is 2.66. The van der Waals surface area contributed by atoms with Crippen molar-refractivity contribution in [1.29, 1.82) is 0 Å². The number of nitrogens with zero attached hydrogens (tertiary/aromatic N) is 2. The lowest BCUT2D eigenvalue weighted by Crippen LogP contribution is -2.35. The van der Waals surface area contributed by atoms with Crippen LogP contribution >= 0.6 is 0 Å². The molecule has 1 heterocycles. The molecule has 2 nitrogen and oxygen atoms in total. The molecule has 0 N–H and O–H groups in total. The monoisotopic (exact) mass is 271 g/mol. The van der Waals surface area contributed by atoms with E-state index >= 15 is 0 Å². The van der Waals surface area contributed by atoms with Crippen LogP contribution in [0.2, 0.25) is 0 Å². The third-order valence-corrected chi connectivity index (χ3v) is 3.95. The van der Waals surface area contributed by atoms with Crippen LogP contribution in [0.25, 0.3) is 5.69 Å². The van der Waals surface area contributed by atoms with Crippen LogP contribution in [0.1, 0.15) is 51.3 Å². The van der Waals surface area contributed by atoms with Crippen LogP contribution in [0.3, 0.4) is 0 Å². The topological polar surface area (TPSA) is 8.81 Å². The Balaban J connectivity index is 1.86. The predicted octanol–water partition coefficient (Wildman–Crippen LogP) is 4.43. The van der Waals surface area contributed by atoms with E-state index in [2.05, 4.69) is 65.7 Å². The molecule has 1 aromatic carbocycles. The lowest BCUT2D eigenvalue weighted by Gasteiger charge is -2.02. The van der Waals surface area contributed by atoms with E-state index in [-0.39, 0.29) is 0 Å². The molecule has 0 spiro atoms. The van der Waals surface area contributed by atoms with Crippen LogP contribution in [0.4, 0.5) is 0 Å². The summed E-state index contributed by atoms with van der Waals surface area (Å²) >= 11 is 0. The van der Waals surface area contributed by atoms with Crippen molar-refractivity contribution in [3.05, 3.63) is 48.5 Å². The molecule has 0 bridgehead atoms. The number of imidazole rings is 1. The van der Waals surface area contributed by atoms with Crippen LogP contribution in [0, 0.1) is 6.92 Å². The van der Waals surface area contributed by atoms with Gasteiger partial charge in [-0.05, 0) is 25.0 Å². The minimum Gasteiger partial charge on any atom is -0.234 e. The summed E-state index contributed by atoms with van der Waals surface area (Å²) in [5, 5.41) is 0. The number of aromatic nitrogens is 2. The van der Waals surface area contributed by atoms with Crippen molar-refractivity contribution in [1.82, 2.24) is 4.57 Å². The summed E-state index contributed by atoms with van der Waals surface area (Å²) in [5.41, 5.74) is 1.24. The van der Waals surface area contributed by atoms with Crippen molar-refractivity contribution in [3.8, 4) is 5.69 Å². The molecule has 0 aliphatic carbocycles. The number of benzene rings is 1. The van der Waals surface area contributed by atoms with E-state index in [0.29, 0.717) is 0 Å². The van der Waals surface area contributed by atoms with Gasteiger partial charge in [-0.2, -0.15) is 0 Å². The molecule has 0 radical (unpaired) electrons. The quantitative estimate of drug-likeness (QED) is 0.496. The minimum atomic E-state index is 1.14. The van der Waals surface area contributed by atoms with Crippen LogP contribution < -0.4 is 4.57 Å². The van der Waals surface area contributed by atoms with Gasteiger partial charge in [0.15, 0.2) is 0 Å². The Morgan fingerprint density at radius 3 is 2.40 bits per heavy atom. The van der Waals surface area contributed by atoms with Gasteiger partial charge in [-0.1, -0.05) is 50.8 Å². The highest BCUT2D eigenvalue weighted by Gasteiger charge is 2.13. The van der Waals surface area contributed by atoms with E-state index in [1.807, 2.05) is 0 Å². The third kappa shape index (κ3) is 3.96. The third-order valence-electron chi connectivity index (χ3n) is 3.95. The molecule has 108 valence electrons.